The van der Waals surface area contributed by atoms with Crippen molar-refractivity contribution in [2.45, 2.75) is 13.8 Å². The zero-order valence-corrected chi connectivity index (χ0v) is 21.7. The third-order valence-corrected chi connectivity index (χ3v) is 5.71. The van der Waals surface area contributed by atoms with Gasteiger partial charge in [-0.25, -0.2) is 0 Å². The minimum atomic E-state index is -0.550. The molecule has 0 aliphatic rings. The second-order valence-electron chi connectivity index (χ2n) is 7.50. The van der Waals surface area contributed by atoms with Crippen molar-refractivity contribution in [2.75, 3.05) is 17.2 Å². The third-order valence-electron chi connectivity index (χ3n) is 4.66. The monoisotopic (exact) mass is 581 g/mol. The number of aryl methyl sites for hydroxylation is 2. The number of amides is 2. The first-order valence-electron chi connectivity index (χ1n) is 10.2. The number of hydrogen-bond donors (Lipinski definition) is 2. The molecule has 172 valence electrons. The molecule has 0 saturated carbocycles. The molecule has 0 spiro atoms. The molecule has 34 heavy (non-hydrogen) atoms. The Kier molecular flexibility index (Phi) is 8.63. The lowest BCUT2D eigenvalue weighted by atomic mass is 10.1. The summed E-state index contributed by atoms with van der Waals surface area (Å²) < 4.78 is 7.05. The van der Waals surface area contributed by atoms with Crippen molar-refractivity contribution in [1.82, 2.24) is 0 Å². The van der Waals surface area contributed by atoms with Gasteiger partial charge in [0, 0.05) is 21.4 Å². The van der Waals surface area contributed by atoms with Crippen LogP contribution in [0.3, 0.4) is 0 Å². The summed E-state index contributed by atoms with van der Waals surface area (Å²) in [6.45, 7) is 3.62. The van der Waals surface area contributed by atoms with Crippen molar-refractivity contribution < 1.29 is 14.3 Å². The summed E-state index contributed by atoms with van der Waals surface area (Å²) >= 11 is 6.84. The van der Waals surface area contributed by atoms with Crippen LogP contribution in [0.1, 0.15) is 16.7 Å². The van der Waals surface area contributed by atoms with Gasteiger partial charge in [-0.2, -0.15) is 5.26 Å². The number of nitrogens with one attached hydrogen (secondary N) is 2. The highest BCUT2D eigenvalue weighted by molar-refractivity contribution is 9.11. The maximum Gasteiger partial charge on any atom is 0.266 e. The molecule has 0 heterocycles. The topological polar surface area (TPSA) is 91.2 Å². The molecule has 0 unspecified atom stereocenters. The summed E-state index contributed by atoms with van der Waals surface area (Å²) in [7, 11) is 0. The molecule has 3 rings (SSSR count). The van der Waals surface area contributed by atoms with Gasteiger partial charge >= 0.3 is 0 Å². The maximum atomic E-state index is 12.7. The summed E-state index contributed by atoms with van der Waals surface area (Å²) in [6, 6.07) is 20.1. The zero-order valence-electron chi connectivity index (χ0n) is 18.5. The number of anilines is 2. The first-order valence-corrected chi connectivity index (χ1v) is 11.8. The normalized spacial score (nSPS) is 10.9. The van der Waals surface area contributed by atoms with Crippen LogP contribution in [0.2, 0.25) is 0 Å². The average molecular weight is 583 g/mol. The van der Waals surface area contributed by atoms with E-state index in [2.05, 4.69) is 42.5 Å². The molecule has 8 heteroatoms. The van der Waals surface area contributed by atoms with Crippen LogP contribution in [-0.4, -0.2) is 18.4 Å². The van der Waals surface area contributed by atoms with E-state index in [1.807, 2.05) is 50.2 Å². The van der Waals surface area contributed by atoms with Gasteiger partial charge in [-0.3, -0.25) is 9.59 Å². The van der Waals surface area contributed by atoms with E-state index in [0.29, 0.717) is 31.6 Å². The van der Waals surface area contributed by atoms with E-state index in [4.69, 9.17) is 4.74 Å². The van der Waals surface area contributed by atoms with Crippen LogP contribution < -0.4 is 15.4 Å². The molecule has 2 N–H and O–H groups in total. The molecule has 0 saturated heterocycles. The number of benzene rings is 3. The maximum absolute atomic E-state index is 12.7. The van der Waals surface area contributed by atoms with Gasteiger partial charge in [0.25, 0.3) is 11.8 Å². The number of nitrogens with zero attached hydrogens (tertiary/aromatic N) is 1. The van der Waals surface area contributed by atoms with Crippen molar-refractivity contribution in [3.8, 4) is 11.8 Å². The Hall–Kier alpha value is -3.41. The van der Waals surface area contributed by atoms with Crippen LogP contribution in [0.5, 0.6) is 5.75 Å². The SMILES string of the molecule is Cc1ccc(NC(=O)/C(C#N)=C\c2cc(Br)cc(Br)c2OCC(=O)Nc2cccc(C)c2)cc1. The van der Waals surface area contributed by atoms with Crippen LogP contribution in [0.4, 0.5) is 11.4 Å². The Morgan fingerprint density at radius 3 is 2.38 bits per heavy atom. The van der Waals surface area contributed by atoms with Crippen molar-refractivity contribution in [2.24, 2.45) is 0 Å². The molecule has 3 aromatic carbocycles. The number of carbonyl (C=O) groups excluding carboxylic acids is 2. The van der Waals surface area contributed by atoms with Crippen LogP contribution in [0, 0.1) is 25.2 Å². The number of nitriles is 1. The lowest BCUT2D eigenvalue weighted by Crippen LogP contribution is -2.20. The van der Waals surface area contributed by atoms with Gasteiger partial charge in [-0.15, -0.1) is 0 Å². The highest BCUT2D eigenvalue weighted by Crippen LogP contribution is 2.34. The molecular weight excluding hydrogens is 562 g/mol. The Bertz CT molecular complexity index is 1300. The molecule has 0 atom stereocenters. The number of ether oxygens (including phenoxy) is 1. The molecule has 0 aliphatic carbocycles. The number of hydrogen-bond acceptors (Lipinski definition) is 4. The van der Waals surface area contributed by atoms with Crippen LogP contribution >= 0.6 is 31.9 Å². The van der Waals surface area contributed by atoms with E-state index >= 15 is 0 Å². The predicted molar refractivity (Wildman–Crippen MR) is 141 cm³/mol. The largest absolute Gasteiger partial charge is 0.482 e. The van der Waals surface area contributed by atoms with Gasteiger partial charge < -0.3 is 15.4 Å². The highest BCUT2D eigenvalue weighted by atomic mass is 79.9. The van der Waals surface area contributed by atoms with E-state index in [0.717, 1.165) is 11.1 Å². The highest BCUT2D eigenvalue weighted by Gasteiger charge is 2.15. The quantitative estimate of drug-likeness (QED) is 0.249. The van der Waals surface area contributed by atoms with Crippen LogP contribution in [0.15, 0.2) is 75.2 Å². The molecule has 0 aromatic heterocycles. The van der Waals surface area contributed by atoms with Gasteiger partial charge in [-0.1, -0.05) is 45.8 Å². The minimum absolute atomic E-state index is 0.111. The fourth-order valence-corrected chi connectivity index (χ4v) is 4.41. The van der Waals surface area contributed by atoms with Gasteiger partial charge in [0.2, 0.25) is 0 Å². The predicted octanol–water partition coefficient (Wildman–Crippen LogP) is 6.39. The standard InChI is InChI=1S/C26H21Br2N3O3/c1-16-6-8-21(9-7-16)31-26(33)19(14-29)11-18-12-20(27)13-23(28)25(18)34-15-24(32)30-22-5-3-4-17(2)10-22/h3-13H,15H2,1-2H3,(H,30,32)(H,31,33)/b19-11-. The fourth-order valence-electron chi connectivity index (χ4n) is 3.04. The van der Waals surface area contributed by atoms with Crippen molar-refractivity contribution >= 4 is 61.1 Å². The lowest BCUT2D eigenvalue weighted by Gasteiger charge is -2.13. The molecule has 3 aromatic rings. The smallest absolute Gasteiger partial charge is 0.266 e. The molecule has 6 nitrogen and oxygen atoms in total. The van der Waals surface area contributed by atoms with E-state index in [1.54, 1.807) is 30.3 Å². The van der Waals surface area contributed by atoms with Crippen LogP contribution in [-0.2, 0) is 9.59 Å². The van der Waals surface area contributed by atoms with Crippen molar-refractivity contribution in [3.05, 3.63) is 91.9 Å². The molecule has 0 radical (unpaired) electrons. The van der Waals surface area contributed by atoms with Crippen molar-refractivity contribution in [1.29, 1.82) is 5.26 Å². The van der Waals surface area contributed by atoms with Gasteiger partial charge in [0.05, 0.1) is 4.47 Å². The summed E-state index contributed by atoms with van der Waals surface area (Å²) in [6.07, 6.45) is 1.42. The Morgan fingerprint density at radius 2 is 1.71 bits per heavy atom. The average Bonchev–Trinajstić information content (AvgIpc) is 2.78. The van der Waals surface area contributed by atoms with Gasteiger partial charge in [0.1, 0.15) is 17.4 Å². The Balaban J connectivity index is 1.79. The summed E-state index contributed by atoms with van der Waals surface area (Å²) in [5.41, 5.74) is 3.68. The summed E-state index contributed by atoms with van der Waals surface area (Å²) in [4.78, 5) is 25.1. The number of carbonyl (C=O) groups is 2. The summed E-state index contributed by atoms with van der Waals surface area (Å²) in [5, 5.41) is 15.1. The minimum Gasteiger partial charge on any atom is -0.482 e. The second kappa shape index (κ2) is 11.6. The first kappa shape index (κ1) is 25.2. The third kappa shape index (κ3) is 7.04. The van der Waals surface area contributed by atoms with Gasteiger partial charge in [-0.05, 0) is 77.8 Å². The number of halogens is 2. The Morgan fingerprint density at radius 1 is 0.971 bits per heavy atom. The molecule has 0 aliphatic heterocycles. The van der Waals surface area contributed by atoms with Gasteiger partial charge in [0.15, 0.2) is 6.61 Å². The van der Waals surface area contributed by atoms with E-state index in [1.165, 1.54) is 6.08 Å². The molecule has 2 amide bonds. The Labute approximate surface area is 214 Å². The molecule has 0 bridgehead atoms. The van der Waals surface area contributed by atoms with Crippen molar-refractivity contribution in [3.63, 3.8) is 0 Å². The van der Waals surface area contributed by atoms with E-state index < -0.39 is 5.91 Å². The molecular formula is C26H21Br2N3O3. The first-order chi connectivity index (χ1) is 16.2. The summed E-state index contributed by atoms with van der Waals surface area (Å²) in [5.74, 6) is -0.558. The zero-order chi connectivity index (χ0) is 24.7. The van der Waals surface area contributed by atoms with E-state index in [9.17, 15) is 14.9 Å². The van der Waals surface area contributed by atoms with Crippen LogP contribution in [0.25, 0.3) is 6.08 Å². The lowest BCUT2D eigenvalue weighted by molar-refractivity contribution is -0.118. The fraction of sp³-hybridized carbons (Fsp3) is 0.115. The molecule has 0 fully saturated rings. The number of rotatable bonds is 7. The van der Waals surface area contributed by atoms with E-state index in [-0.39, 0.29) is 18.1 Å². The second-order valence-corrected chi connectivity index (χ2v) is 9.27.